The molecule has 0 aromatic heterocycles. The van der Waals surface area contributed by atoms with Crippen LogP contribution in [0.2, 0.25) is 0 Å². The highest BCUT2D eigenvalue weighted by Crippen LogP contribution is 2.68. The largest absolute Gasteiger partial charge is 0.380 e. The fourth-order valence-electron chi connectivity index (χ4n) is 9.28. The summed E-state index contributed by atoms with van der Waals surface area (Å²) in [4.78, 5) is 0. The summed E-state index contributed by atoms with van der Waals surface area (Å²) in [5, 5.41) is 9.68. The molecule has 4 fully saturated rings. The van der Waals surface area contributed by atoms with E-state index in [1.54, 1.807) is 0 Å². The molecule has 0 saturated heterocycles. The quantitative estimate of drug-likeness (QED) is 0.412. The third-order valence-electron chi connectivity index (χ3n) is 11.3. The van der Waals surface area contributed by atoms with E-state index in [4.69, 9.17) is 4.74 Å². The zero-order chi connectivity index (χ0) is 22.3. The summed E-state index contributed by atoms with van der Waals surface area (Å²) in [6.07, 6.45) is 16.9. The van der Waals surface area contributed by atoms with Gasteiger partial charge in [-0.05, 0) is 124 Å². The maximum atomic E-state index is 9.68. The van der Waals surface area contributed by atoms with Crippen LogP contribution in [0.1, 0.15) is 112 Å². The van der Waals surface area contributed by atoms with Crippen LogP contribution in [-0.2, 0) is 4.74 Å². The van der Waals surface area contributed by atoms with Crippen molar-refractivity contribution in [3.05, 3.63) is 0 Å². The molecule has 176 valence electrons. The predicted molar refractivity (Wildman–Crippen MR) is 128 cm³/mol. The highest BCUT2D eigenvalue weighted by atomic mass is 16.5. The molecule has 0 amide bonds. The molecule has 31 heavy (non-hydrogen) atoms. The lowest BCUT2D eigenvalue weighted by atomic mass is 9.44. The molecule has 4 aliphatic rings. The van der Waals surface area contributed by atoms with Crippen LogP contribution in [0.4, 0.5) is 0 Å². The fraction of sp³-hybridized carbons (Fsp3) is 0.966. The average molecular weight is 428 g/mol. The Bertz CT molecular complexity index is 668. The molecule has 0 N–H and O–H groups in total. The van der Waals surface area contributed by atoms with Crippen LogP contribution in [-0.4, -0.2) is 13.2 Å². The molecule has 0 aromatic rings. The number of hydrogen-bond donors (Lipinski definition) is 0. The maximum Gasteiger partial charge on any atom is 0.0778 e. The van der Waals surface area contributed by atoms with Gasteiger partial charge < -0.3 is 4.74 Å². The molecule has 0 radical (unpaired) electrons. The second-order valence-electron chi connectivity index (χ2n) is 13.1. The van der Waals surface area contributed by atoms with Gasteiger partial charge in [-0.25, -0.2) is 0 Å². The number of rotatable bonds is 7. The second kappa shape index (κ2) is 9.00. The first-order chi connectivity index (χ1) is 14.8. The Balaban J connectivity index is 1.39. The average Bonchev–Trinajstić information content (AvgIpc) is 3.09. The van der Waals surface area contributed by atoms with Gasteiger partial charge in [-0.1, -0.05) is 33.6 Å². The number of nitrogens with zero attached hydrogens (tertiary/aromatic N) is 1. The van der Waals surface area contributed by atoms with E-state index in [-0.39, 0.29) is 5.41 Å². The summed E-state index contributed by atoms with van der Waals surface area (Å²) in [5.41, 5.74) is 0.899. The lowest BCUT2D eigenvalue weighted by Crippen LogP contribution is -2.53. The molecular weight excluding hydrogens is 378 g/mol. The normalized spacial score (nSPS) is 46.3. The highest BCUT2D eigenvalue weighted by molar-refractivity contribution is 5.09. The van der Waals surface area contributed by atoms with Gasteiger partial charge in [0.1, 0.15) is 0 Å². The molecule has 0 spiro atoms. The second-order valence-corrected chi connectivity index (χ2v) is 13.1. The summed E-state index contributed by atoms with van der Waals surface area (Å²) in [6, 6.07) is 2.55. The fourth-order valence-corrected chi connectivity index (χ4v) is 9.28. The maximum absolute atomic E-state index is 9.68. The molecule has 0 aliphatic heterocycles. The Morgan fingerprint density at radius 1 is 1.00 bits per heavy atom. The van der Waals surface area contributed by atoms with Crippen molar-refractivity contribution in [1.29, 1.82) is 5.26 Å². The molecule has 4 saturated carbocycles. The number of ether oxygens (including phenoxy) is 1. The van der Waals surface area contributed by atoms with Crippen LogP contribution in [0, 0.1) is 63.1 Å². The Kier molecular flexibility index (Phi) is 6.86. The Morgan fingerprint density at radius 2 is 1.74 bits per heavy atom. The first-order valence-electron chi connectivity index (χ1n) is 13.7. The highest BCUT2D eigenvalue weighted by Gasteiger charge is 2.59. The Morgan fingerprint density at radius 3 is 2.48 bits per heavy atom. The standard InChI is InChI=1S/C29H49NO/c1-6-31-20-27(3,19-30)15-7-8-22-10-12-25-24-11-9-23-18-21(2)13-16-29(23,5)26(24)14-17-28(22,25)4/h21-26H,6-18,20H2,1-5H3. The molecule has 4 rings (SSSR count). The van der Waals surface area contributed by atoms with Crippen molar-refractivity contribution >= 4 is 0 Å². The molecule has 2 nitrogen and oxygen atoms in total. The minimum atomic E-state index is -0.308. The van der Waals surface area contributed by atoms with Crippen molar-refractivity contribution in [2.24, 2.45) is 51.8 Å². The Labute approximate surface area is 192 Å². The van der Waals surface area contributed by atoms with Crippen LogP contribution in [0.25, 0.3) is 0 Å². The minimum absolute atomic E-state index is 0.308. The summed E-state index contributed by atoms with van der Waals surface area (Å²) in [6.45, 7) is 13.3. The summed E-state index contributed by atoms with van der Waals surface area (Å²) in [5.74, 6) is 5.82. The van der Waals surface area contributed by atoms with Crippen LogP contribution >= 0.6 is 0 Å². The third-order valence-corrected chi connectivity index (χ3v) is 11.3. The van der Waals surface area contributed by atoms with Gasteiger partial charge in [-0.3, -0.25) is 0 Å². The number of hydrogen-bond acceptors (Lipinski definition) is 2. The monoisotopic (exact) mass is 427 g/mol. The van der Waals surface area contributed by atoms with Crippen molar-refractivity contribution in [2.75, 3.05) is 13.2 Å². The molecule has 9 unspecified atom stereocenters. The molecule has 2 heteroatoms. The minimum Gasteiger partial charge on any atom is -0.380 e. The van der Waals surface area contributed by atoms with Gasteiger partial charge in [0.2, 0.25) is 0 Å². The molecule has 0 bridgehead atoms. The van der Waals surface area contributed by atoms with Crippen LogP contribution in [0.3, 0.4) is 0 Å². The third kappa shape index (κ3) is 4.23. The van der Waals surface area contributed by atoms with E-state index in [1.165, 1.54) is 70.6 Å². The first kappa shape index (κ1) is 23.6. The van der Waals surface area contributed by atoms with Crippen LogP contribution in [0.15, 0.2) is 0 Å². The summed E-state index contributed by atoms with van der Waals surface area (Å²) in [7, 11) is 0. The summed E-state index contributed by atoms with van der Waals surface area (Å²) < 4.78 is 5.61. The van der Waals surface area contributed by atoms with E-state index in [2.05, 4.69) is 33.8 Å². The van der Waals surface area contributed by atoms with Crippen molar-refractivity contribution in [1.82, 2.24) is 0 Å². The van der Waals surface area contributed by atoms with E-state index in [1.807, 2.05) is 6.92 Å². The van der Waals surface area contributed by atoms with Crippen LogP contribution in [0.5, 0.6) is 0 Å². The van der Waals surface area contributed by atoms with E-state index in [0.29, 0.717) is 24.0 Å². The topological polar surface area (TPSA) is 33.0 Å². The van der Waals surface area contributed by atoms with Crippen molar-refractivity contribution in [3.63, 3.8) is 0 Å². The lowest BCUT2D eigenvalue weighted by molar-refractivity contribution is -0.117. The molecular formula is C29H49NO. The number of fused-ring (bicyclic) bond motifs is 5. The van der Waals surface area contributed by atoms with E-state index >= 15 is 0 Å². The summed E-state index contributed by atoms with van der Waals surface area (Å²) >= 11 is 0. The van der Waals surface area contributed by atoms with E-state index < -0.39 is 0 Å². The van der Waals surface area contributed by atoms with Gasteiger partial charge >= 0.3 is 0 Å². The Hall–Kier alpha value is -0.550. The number of nitriles is 1. The predicted octanol–water partition coefficient (Wildman–Crippen LogP) is 8.02. The van der Waals surface area contributed by atoms with E-state index in [9.17, 15) is 5.26 Å². The lowest BCUT2D eigenvalue weighted by Gasteiger charge is -2.61. The van der Waals surface area contributed by atoms with Gasteiger partial charge in [-0.15, -0.1) is 0 Å². The smallest absolute Gasteiger partial charge is 0.0778 e. The van der Waals surface area contributed by atoms with Gasteiger partial charge in [0.15, 0.2) is 0 Å². The molecule has 0 aromatic carbocycles. The molecule has 9 atom stereocenters. The molecule has 0 heterocycles. The van der Waals surface area contributed by atoms with Crippen LogP contribution < -0.4 is 0 Å². The molecule has 4 aliphatic carbocycles. The van der Waals surface area contributed by atoms with E-state index in [0.717, 1.165) is 41.9 Å². The first-order valence-corrected chi connectivity index (χ1v) is 13.7. The van der Waals surface area contributed by atoms with Crippen molar-refractivity contribution < 1.29 is 4.74 Å². The van der Waals surface area contributed by atoms with Gasteiger partial charge in [0.05, 0.1) is 18.1 Å². The van der Waals surface area contributed by atoms with Gasteiger partial charge in [-0.2, -0.15) is 5.26 Å². The van der Waals surface area contributed by atoms with Gasteiger partial charge in [0.25, 0.3) is 0 Å². The zero-order valence-corrected chi connectivity index (χ0v) is 21.2. The van der Waals surface area contributed by atoms with Gasteiger partial charge in [0, 0.05) is 6.61 Å². The van der Waals surface area contributed by atoms with Crippen molar-refractivity contribution in [2.45, 2.75) is 112 Å². The van der Waals surface area contributed by atoms with Crippen molar-refractivity contribution in [3.8, 4) is 6.07 Å². The zero-order valence-electron chi connectivity index (χ0n) is 21.2. The SMILES string of the molecule is CCOCC(C)(C#N)CCCC1CCC2C3CCC4CC(C)CCC4(C)C3CCC12C.